The van der Waals surface area contributed by atoms with Crippen LogP contribution in [0.5, 0.6) is 0 Å². The lowest BCUT2D eigenvalue weighted by atomic mass is 9.98. The summed E-state index contributed by atoms with van der Waals surface area (Å²) < 4.78 is 42.9. The van der Waals surface area contributed by atoms with Gasteiger partial charge in [0, 0.05) is 23.9 Å². The van der Waals surface area contributed by atoms with Crippen molar-refractivity contribution >= 4 is 17.5 Å². The number of hydrogen-bond donors (Lipinski definition) is 0. The molecule has 3 nitrogen and oxygen atoms in total. The zero-order valence-corrected chi connectivity index (χ0v) is 17.3. The third-order valence-electron chi connectivity index (χ3n) is 5.98. The molecule has 0 amide bonds. The number of aryl methyl sites for hydroxylation is 2. The van der Waals surface area contributed by atoms with E-state index < -0.39 is 12.0 Å². The minimum absolute atomic E-state index is 0.594. The molecular weight excluding hydrogens is 413 g/mol. The summed E-state index contributed by atoms with van der Waals surface area (Å²) in [5.74, 6) is -1.86. The Labute approximate surface area is 183 Å². The molecule has 2 aromatic carbocycles. The van der Waals surface area contributed by atoms with Crippen molar-refractivity contribution in [3.8, 4) is 22.4 Å². The third kappa shape index (κ3) is 3.45. The van der Waals surface area contributed by atoms with Gasteiger partial charge in [0.05, 0.1) is 11.4 Å². The number of halogens is 3. The van der Waals surface area contributed by atoms with Crippen molar-refractivity contribution in [2.24, 2.45) is 0 Å². The van der Waals surface area contributed by atoms with Crippen molar-refractivity contribution in [1.29, 1.82) is 0 Å². The fourth-order valence-electron chi connectivity index (χ4n) is 4.59. The van der Waals surface area contributed by atoms with E-state index >= 15 is 0 Å². The summed E-state index contributed by atoms with van der Waals surface area (Å²) in [5, 5.41) is 0. The molecule has 1 aliphatic rings. The lowest BCUT2D eigenvalue weighted by Crippen LogP contribution is -2.19. The second kappa shape index (κ2) is 7.86. The number of allylic oxidation sites excluding steroid dienone is 1. The van der Waals surface area contributed by atoms with E-state index in [2.05, 4.69) is 4.57 Å². The molecule has 0 fully saturated rings. The van der Waals surface area contributed by atoms with Crippen LogP contribution in [0.4, 0.5) is 13.2 Å². The first-order valence-electron chi connectivity index (χ1n) is 10.6. The van der Waals surface area contributed by atoms with Crippen LogP contribution in [0, 0.1) is 0 Å². The van der Waals surface area contributed by atoms with Crippen molar-refractivity contribution in [1.82, 2.24) is 8.97 Å². The lowest BCUT2D eigenvalue weighted by Gasteiger charge is -2.08. The highest BCUT2D eigenvalue weighted by Gasteiger charge is 2.36. The molecule has 4 aromatic rings. The van der Waals surface area contributed by atoms with Gasteiger partial charge in [-0.2, -0.15) is 13.2 Å². The van der Waals surface area contributed by atoms with Gasteiger partial charge in [-0.05, 0) is 42.5 Å². The van der Waals surface area contributed by atoms with E-state index in [0.717, 1.165) is 59.4 Å². The number of carbonyl (C=O) groups is 1. The van der Waals surface area contributed by atoms with Crippen LogP contribution in [0.3, 0.4) is 0 Å². The van der Waals surface area contributed by atoms with Crippen molar-refractivity contribution in [3.05, 3.63) is 84.2 Å². The van der Waals surface area contributed by atoms with E-state index in [1.165, 1.54) is 6.08 Å². The predicted octanol–water partition coefficient (Wildman–Crippen LogP) is 6.56. The summed E-state index contributed by atoms with van der Waals surface area (Å²) in [4.78, 5) is 11.6. The number of benzene rings is 2. The first kappa shape index (κ1) is 20.4. The number of ketones is 1. The summed E-state index contributed by atoms with van der Waals surface area (Å²) in [6.45, 7) is 0.830. The summed E-state index contributed by atoms with van der Waals surface area (Å²) in [6.07, 6.45) is 1.87. The van der Waals surface area contributed by atoms with E-state index in [4.69, 9.17) is 0 Å². The van der Waals surface area contributed by atoms with Crippen LogP contribution >= 0.6 is 0 Å². The van der Waals surface area contributed by atoms with Crippen molar-refractivity contribution in [2.45, 2.75) is 32.0 Å². The average Bonchev–Trinajstić information content (AvgIpc) is 3.21. The number of rotatable bonds is 4. The maximum absolute atomic E-state index is 12.9. The van der Waals surface area contributed by atoms with Crippen LogP contribution in [-0.2, 0) is 17.8 Å². The Kier molecular flexibility index (Phi) is 5.00. The molecule has 0 radical (unpaired) electrons. The largest absolute Gasteiger partial charge is 0.454 e. The summed E-state index contributed by atoms with van der Waals surface area (Å²) in [5.41, 5.74) is 6.57. The zero-order chi connectivity index (χ0) is 22.3. The molecule has 0 unspecified atom stereocenters. The van der Waals surface area contributed by atoms with Crippen LogP contribution in [0.1, 0.15) is 24.1 Å². The van der Waals surface area contributed by atoms with Gasteiger partial charge in [-0.3, -0.25) is 4.79 Å². The van der Waals surface area contributed by atoms with E-state index in [1.54, 1.807) is 0 Å². The molecule has 0 N–H and O–H groups in total. The zero-order valence-electron chi connectivity index (χ0n) is 17.3. The first-order valence-corrected chi connectivity index (χ1v) is 10.6. The number of alkyl halides is 3. The average molecular weight is 434 g/mol. The monoisotopic (exact) mass is 434 g/mol. The van der Waals surface area contributed by atoms with Gasteiger partial charge in [0.2, 0.25) is 0 Å². The van der Waals surface area contributed by atoms with Gasteiger partial charge >= 0.3 is 6.18 Å². The second-order valence-corrected chi connectivity index (χ2v) is 7.98. The Bertz CT molecular complexity index is 1310. The molecule has 0 aliphatic carbocycles. The quantitative estimate of drug-likeness (QED) is 0.334. The van der Waals surface area contributed by atoms with Gasteiger partial charge in [0.15, 0.2) is 0 Å². The van der Waals surface area contributed by atoms with Crippen LogP contribution in [0.15, 0.2) is 72.9 Å². The highest BCUT2D eigenvalue weighted by Crippen LogP contribution is 2.40. The van der Waals surface area contributed by atoms with Gasteiger partial charge < -0.3 is 8.97 Å². The van der Waals surface area contributed by atoms with E-state index in [9.17, 15) is 18.0 Å². The van der Waals surface area contributed by atoms with Crippen LogP contribution < -0.4 is 0 Å². The van der Waals surface area contributed by atoms with Crippen molar-refractivity contribution in [3.63, 3.8) is 0 Å². The molecule has 0 saturated carbocycles. The molecule has 1 aliphatic heterocycles. The molecule has 162 valence electrons. The number of carbonyl (C=O) groups excluding carboxylic acids is 1. The number of aromatic nitrogens is 2. The van der Waals surface area contributed by atoms with Gasteiger partial charge in [0.25, 0.3) is 5.78 Å². The topological polar surface area (TPSA) is 26.4 Å². The molecule has 0 spiro atoms. The summed E-state index contributed by atoms with van der Waals surface area (Å²) >= 11 is 0. The molecular formula is C26H21F3N2O. The fourth-order valence-corrected chi connectivity index (χ4v) is 4.59. The standard InChI is InChI=1S/C26H21F3N2O/c27-26(28,29)23(32)15-14-21-24(19-11-5-2-6-12-19)20-13-7-8-16-30-22(17-31(21)25(20)30)18-9-3-1-4-10-18/h1-6,9-12,14-15,17H,7-8,13,16H2/b15-14+. The highest BCUT2D eigenvalue weighted by atomic mass is 19.4. The smallest absolute Gasteiger partial charge is 0.325 e. The van der Waals surface area contributed by atoms with Crippen LogP contribution in [-0.4, -0.2) is 20.9 Å². The molecule has 32 heavy (non-hydrogen) atoms. The fraction of sp³-hybridized carbons (Fsp3) is 0.192. The van der Waals surface area contributed by atoms with Crippen molar-refractivity contribution < 1.29 is 18.0 Å². The van der Waals surface area contributed by atoms with Gasteiger partial charge in [0.1, 0.15) is 5.65 Å². The Balaban J connectivity index is 1.80. The SMILES string of the molecule is O=C(/C=C/c1c(-c2ccccc2)c2c3n(c(-c4ccccc4)cn13)CCCC2)C(F)(F)F. The summed E-state index contributed by atoms with van der Waals surface area (Å²) in [7, 11) is 0. The predicted molar refractivity (Wildman–Crippen MR) is 119 cm³/mol. The molecule has 6 heteroatoms. The Hall–Kier alpha value is -3.54. The summed E-state index contributed by atoms with van der Waals surface area (Å²) in [6, 6.07) is 19.6. The van der Waals surface area contributed by atoms with Crippen molar-refractivity contribution in [2.75, 3.05) is 0 Å². The lowest BCUT2D eigenvalue weighted by molar-refractivity contribution is -0.165. The number of imidazole rings is 1. The maximum atomic E-state index is 12.9. The molecule has 5 rings (SSSR count). The minimum Gasteiger partial charge on any atom is -0.325 e. The first-order chi connectivity index (χ1) is 15.4. The minimum atomic E-state index is -4.89. The maximum Gasteiger partial charge on any atom is 0.454 e. The normalized spacial score (nSPS) is 14.2. The highest BCUT2D eigenvalue weighted by molar-refractivity contribution is 5.99. The van der Waals surface area contributed by atoms with Gasteiger partial charge in [-0.25, -0.2) is 0 Å². The Morgan fingerprint density at radius 3 is 2.22 bits per heavy atom. The Morgan fingerprint density at radius 1 is 0.906 bits per heavy atom. The van der Waals surface area contributed by atoms with E-state index in [1.807, 2.05) is 71.3 Å². The van der Waals surface area contributed by atoms with E-state index in [-0.39, 0.29) is 0 Å². The molecule has 0 atom stereocenters. The molecule has 0 bridgehead atoms. The van der Waals surface area contributed by atoms with E-state index in [0.29, 0.717) is 11.8 Å². The third-order valence-corrected chi connectivity index (χ3v) is 5.98. The molecule has 0 saturated heterocycles. The Morgan fingerprint density at radius 2 is 1.56 bits per heavy atom. The second-order valence-electron chi connectivity index (χ2n) is 7.98. The van der Waals surface area contributed by atoms with Gasteiger partial charge in [-0.1, -0.05) is 60.7 Å². The van der Waals surface area contributed by atoms with Crippen LogP contribution in [0.25, 0.3) is 34.1 Å². The number of hydrogen-bond acceptors (Lipinski definition) is 1. The van der Waals surface area contributed by atoms with Crippen LogP contribution in [0.2, 0.25) is 0 Å². The number of nitrogens with zero attached hydrogens (tertiary/aromatic N) is 2. The molecule has 3 heterocycles. The van der Waals surface area contributed by atoms with Gasteiger partial charge in [-0.15, -0.1) is 0 Å². The molecule has 2 aromatic heterocycles.